The maximum Gasteiger partial charge on any atom is 0.252 e. The normalized spacial score (nSPS) is 15.8. The van der Waals surface area contributed by atoms with Crippen LogP contribution in [-0.4, -0.2) is 50.6 Å². The van der Waals surface area contributed by atoms with Gasteiger partial charge in [0.25, 0.3) is 5.91 Å². The number of hydrogen-bond acceptors (Lipinski definition) is 4. The fourth-order valence-corrected chi connectivity index (χ4v) is 4.27. The highest BCUT2D eigenvalue weighted by Crippen LogP contribution is 2.29. The van der Waals surface area contributed by atoms with Crippen molar-refractivity contribution in [3.05, 3.63) is 23.0 Å². The standard InChI is InChI=1S/C25H39N5O2/c1-15(2)13-21(31)29-11-9-18(10-12-29)26-24(32)19-14-20(16(3)4)27-23-22(19)17(5)28-30(23)25(6,7)8/h14-16,18H,9-13H2,1-8H3,(H,26,32). The number of aryl methyl sites for hydroxylation is 1. The van der Waals surface area contributed by atoms with Gasteiger partial charge < -0.3 is 10.2 Å². The Kier molecular flexibility index (Phi) is 6.96. The van der Waals surface area contributed by atoms with Crippen molar-refractivity contribution in [1.29, 1.82) is 0 Å². The number of carbonyl (C=O) groups excluding carboxylic acids is 2. The van der Waals surface area contributed by atoms with Gasteiger partial charge in [0.2, 0.25) is 5.91 Å². The molecule has 0 saturated carbocycles. The van der Waals surface area contributed by atoms with Crippen molar-refractivity contribution in [2.45, 2.75) is 92.2 Å². The Bertz CT molecular complexity index is 992. The average molecular weight is 442 g/mol. The van der Waals surface area contributed by atoms with Crippen molar-refractivity contribution in [2.24, 2.45) is 5.92 Å². The molecular formula is C25H39N5O2. The summed E-state index contributed by atoms with van der Waals surface area (Å²) in [6.07, 6.45) is 2.14. The van der Waals surface area contributed by atoms with Crippen LogP contribution in [0.2, 0.25) is 0 Å². The molecule has 3 heterocycles. The predicted octanol–water partition coefficient (Wildman–Crippen LogP) is 4.39. The van der Waals surface area contributed by atoms with Gasteiger partial charge in [0, 0.05) is 31.2 Å². The molecule has 0 bridgehead atoms. The molecule has 2 aromatic rings. The summed E-state index contributed by atoms with van der Waals surface area (Å²) in [5.41, 5.74) is 2.88. The minimum absolute atomic E-state index is 0.0642. The fourth-order valence-electron chi connectivity index (χ4n) is 4.27. The van der Waals surface area contributed by atoms with Gasteiger partial charge in [0.15, 0.2) is 5.65 Å². The minimum Gasteiger partial charge on any atom is -0.349 e. The van der Waals surface area contributed by atoms with E-state index in [2.05, 4.69) is 53.8 Å². The summed E-state index contributed by atoms with van der Waals surface area (Å²) in [6, 6.07) is 1.99. The number of likely N-dealkylation sites (tertiary alicyclic amines) is 1. The fraction of sp³-hybridized carbons (Fsp3) is 0.680. The van der Waals surface area contributed by atoms with Gasteiger partial charge in [-0.3, -0.25) is 9.59 Å². The largest absolute Gasteiger partial charge is 0.349 e. The third kappa shape index (κ3) is 5.13. The lowest BCUT2D eigenvalue weighted by molar-refractivity contribution is -0.133. The third-order valence-electron chi connectivity index (χ3n) is 6.07. The lowest BCUT2D eigenvalue weighted by atomic mass is 10.0. The van der Waals surface area contributed by atoms with Crippen LogP contribution in [0.3, 0.4) is 0 Å². The summed E-state index contributed by atoms with van der Waals surface area (Å²) in [7, 11) is 0. The van der Waals surface area contributed by atoms with Crippen molar-refractivity contribution >= 4 is 22.8 Å². The first-order chi connectivity index (χ1) is 14.9. The molecule has 0 aliphatic carbocycles. The number of piperidine rings is 1. The Morgan fingerprint density at radius 2 is 1.78 bits per heavy atom. The highest BCUT2D eigenvalue weighted by molar-refractivity contribution is 6.06. The molecule has 176 valence electrons. The van der Waals surface area contributed by atoms with E-state index in [0.29, 0.717) is 31.0 Å². The molecule has 1 N–H and O–H groups in total. The molecule has 0 radical (unpaired) electrons. The zero-order valence-electron chi connectivity index (χ0n) is 21.0. The number of pyridine rings is 1. The number of hydrogen-bond donors (Lipinski definition) is 1. The van der Waals surface area contributed by atoms with Crippen LogP contribution in [0.1, 0.15) is 95.4 Å². The first kappa shape index (κ1) is 24.2. The Morgan fingerprint density at radius 3 is 2.31 bits per heavy atom. The average Bonchev–Trinajstić information content (AvgIpc) is 3.04. The van der Waals surface area contributed by atoms with Crippen molar-refractivity contribution < 1.29 is 9.59 Å². The molecule has 3 rings (SSSR count). The third-order valence-corrected chi connectivity index (χ3v) is 6.07. The molecule has 2 aromatic heterocycles. The summed E-state index contributed by atoms with van der Waals surface area (Å²) in [5, 5.41) is 8.79. The SMILES string of the molecule is Cc1nn(C(C)(C)C)c2nc(C(C)C)cc(C(=O)NC3CCN(C(=O)CC(C)C)CC3)c12. The second-order valence-electron chi connectivity index (χ2n) is 10.8. The molecule has 0 aromatic carbocycles. The Balaban J connectivity index is 1.84. The van der Waals surface area contributed by atoms with E-state index in [9.17, 15) is 9.59 Å². The van der Waals surface area contributed by atoms with Gasteiger partial charge >= 0.3 is 0 Å². The Hall–Kier alpha value is -2.44. The van der Waals surface area contributed by atoms with E-state index in [-0.39, 0.29) is 29.3 Å². The Morgan fingerprint density at radius 1 is 1.16 bits per heavy atom. The van der Waals surface area contributed by atoms with Crippen molar-refractivity contribution in [2.75, 3.05) is 13.1 Å². The van der Waals surface area contributed by atoms with E-state index in [0.717, 1.165) is 35.3 Å². The highest BCUT2D eigenvalue weighted by atomic mass is 16.2. The van der Waals surface area contributed by atoms with E-state index in [1.54, 1.807) is 0 Å². The molecular weight excluding hydrogens is 402 g/mol. The maximum atomic E-state index is 13.4. The van der Waals surface area contributed by atoms with Gasteiger partial charge in [-0.2, -0.15) is 5.10 Å². The van der Waals surface area contributed by atoms with Gasteiger partial charge in [0.05, 0.1) is 22.2 Å². The van der Waals surface area contributed by atoms with Crippen LogP contribution >= 0.6 is 0 Å². The van der Waals surface area contributed by atoms with Crippen LogP contribution < -0.4 is 5.32 Å². The zero-order chi connectivity index (χ0) is 23.8. The van der Waals surface area contributed by atoms with Gasteiger partial charge in [0.1, 0.15) is 0 Å². The molecule has 2 amide bonds. The van der Waals surface area contributed by atoms with Crippen LogP contribution in [0.5, 0.6) is 0 Å². The summed E-state index contributed by atoms with van der Waals surface area (Å²) >= 11 is 0. The number of nitrogens with zero attached hydrogens (tertiary/aromatic N) is 4. The van der Waals surface area contributed by atoms with Crippen molar-refractivity contribution in [3.8, 4) is 0 Å². The number of nitrogens with one attached hydrogen (secondary N) is 1. The number of amides is 2. The molecule has 1 aliphatic heterocycles. The number of aromatic nitrogens is 3. The zero-order valence-corrected chi connectivity index (χ0v) is 21.0. The van der Waals surface area contributed by atoms with Crippen LogP contribution in [0.25, 0.3) is 11.0 Å². The predicted molar refractivity (Wildman–Crippen MR) is 128 cm³/mol. The molecule has 32 heavy (non-hydrogen) atoms. The van der Waals surface area contributed by atoms with Crippen molar-refractivity contribution in [3.63, 3.8) is 0 Å². The molecule has 1 fully saturated rings. The Labute approximate surface area is 192 Å². The molecule has 7 heteroatoms. The lowest BCUT2D eigenvalue weighted by Crippen LogP contribution is -2.46. The van der Waals surface area contributed by atoms with E-state index in [4.69, 9.17) is 10.1 Å². The van der Waals surface area contributed by atoms with Crippen LogP contribution in [0, 0.1) is 12.8 Å². The summed E-state index contributed by atoms with van der Waals surface area (Å²) in [6.45, 7) is 17.9. The molecule has 0 spiro atoms. The second-order valence-corrected chi connectivity index (χ2v) is 10.8. The molecule has 0 atom stereocenters. The van der Waals surface area contributed by atoms with Crippen LogP contribution in [0.15, 0.2) is 6.07 Å². The van der Waals surface area contributed by atoms with E-state index >= 15 is 0 Å². The number of rotatable bonds is 5. The molecule has 7 nitrogen and oxygen atoms in total. The summed E-state index contributed by atoms with van der Waals surface area (Å²) < 4.78 is 1.93. The monoisotopic (exact) mass is 441 g/mol. The molecule has 1 saturated heterocycles. The van der Waals surface area contributed by atoms with E-state index < -0.39 is 0 Å². The smallest absolute Gasteiger partial charge is 0.252 e. The molecule has 0 unspecified atom stereocenters. The van der Waals surface area contributed by atoms with Crippen LogP contribution in [-0.2, 0) is 10.3 Å². The van der Waals surface area contributed by atoms with E-state index in [1.807, 2.05) is 22.6 Å². The van der Waals surface area contributed by atoms with Crippen molar-refractivity contribution in [1.82, 2.24) is 25.0 Å². The second kappa shape index (κ2) is 9.20. The number of fused-ring (bicyclic) bond motifs is 1. The van der Waals surface area contributed by atoms with Gasteiger partial charge in [-0.05, 0) is 58.4 Å². The number of carbonyl (C=O) groups is 2. The van der Waals surface area contributed by atoms with Gasteiger partial charge in [-0.15, -0.1) is 0 Å². The molecule has 1 aliphatic rings. The highest BCUT2D eigenvalue weighted by Gasteiger charge is 2.28. The summed E-state index contributed by atoms with van der Waals surface area (Å²) in [5.74, 6) is 0.696. The first-order valence-electron chi connectivity index (χ1n) is 11.9. The minimum atomic E-state index is -0.238. The topological polar surface area (TPSA) is 80.1 Å². The maximum absolute atomic E-state index is 13.4. The van der Waals surface area contributed by atoms with Gasteiger partial charge in [-0.25, -0.2) is 9.67 Å². The van der Waals surface area contributed by atoms with E-state index in [1.165, 1.54) is 0 Å². The first-order valence-corrected chi connectivity index (χ1v) is 11.9. The summed E-state index contributed by atoms with van der Waals surface area (Å²) in [4.78, 5) is 32.6. The quantitative estimate of drug-likeness (QED) is 0.746. The van der Waals surface area contributed by atoms with Gasteiger partial charge in [-0.1, -0.05) is 27.7 Å². The lowest BCUT2D eigenvalue weighted by Gasteiger charge is -2.33. The van der Waals surface area contributed by atoms with Crippen LogP contribution in [0.4, 0.5) is 0 Å².